The molecule has 0 amide bonds. The highest BCUT2D eigenvalue weighted by Crippen LogP contribution is 2.43. The van der Waals surface area contributed by atoms with Crippen molar-refractivity contribution in [1.29, 1.82) is 5.53 Å². The van der Waals surface area contributed by atoms with Gasteiger partial charge in [-0.05, 0) is 35.8 Å². The summed E-state index contributed by atoms with van der Waals surface area (Å²) in [6.45, 7) is 6.66. The first-order valence-corrected chi connectivity index (χ1v) is 13.4. The molecule has 0 unspecified atom stereocenters. The third-order valence-electron chi connectivity index (χ3n) is 5.71. The van der Waals surface area contributed by atoms with Crippen LogP contribution in [0.2, 0.25) is 5.02 Å². The predicted molar refractivity (Wildman–Crippen MR) is 140 cm³/mol. The van der Waals surface area contributed by atoms with Gasteiger partial charge in [0.2, 0.25) is 0 Å². The fourth-order valence-electron chi connectivity index (χ4n) is 3.89. The van der Waals surface area contributed by atoms with Gasteiger partial charge >= 0.3 is 5.13 Å². The fraction of sp³-hybridized carbons (Fsp3) is 0.500. The number of benzene rings is 2. The molecule has 0 fully saturated rings. The molecule has 0 bridgehead atoms. The highest BCUT2D eigenvalue weighted by atomic mass is 35.5. The van der Waals surface area contributed by atoms with Crippen LogP contribution in [0.4, 0.5) is 10.8 Å². The van der Waals surface area contributed by atoms with Gasteiger partial charge in [-0.15, -0.1) is 0 Å². The van der Waals surface area contributed by atoms with Crippen molar-refractivity contribution in [3.8, 4) is 5.75 Å². The number of thiazole rings is 1. The van der Waals surface area contributed by atoms with Crippen LogP contribution in [0.1, 0.15) is 70.8 Å². The first-order valence-electron chi connectivity index (χ1n) is 12.2. The number of nitrogens with one attached hydrogen (secondary N) is 2. The minimum Gasteiger partial charge on any atom is -0.490 e. The second kappa shape index (κ2) is 13.5. The molecule has 0 saturated heterocycles. The van der Waals surface area contributed by atoms with Crippen LogP contribution in [0.25, 0.3) is 10.2 Å². The Kier molecular flexibility index (Phi) is 10.4. The van der Waals surface area contributed by atoms with E-state index in [1.54, 1.807) is 17.4 Å². The molecule has 1 aromatic heterocycles. The number of anilines is 1. The van der Waals surface area contributed by atoms with Crippen LogP contribution in [0.5, 0.6) is 5.75 Å². The summed E-state index contributed by atoms with van der Waals surface area (Å²) < 4.78 is 9.43. The standard InChI is InChI=1S/C26H35ClN4OS/c1-3-5-7-8-9-13-17-32-24-22(30-28)18-21(27)23-25(24)33-26(29-16-6-4-2)31(23)19-20-14-11-10-12-15-20/h10-12,14-15,18,28H,3-9,13,16-17,19H2,1-2H3/p+1. The average Bonchev–Trinajstić information content (AvgIpc) is 3.19. The molecule has 178 valence electrons. The Balaban J connectivity index is 1.92. The van der Waals surface area contributed by atoms with Crippen molar-refractivity contribution in [2.75, 3.05) is 18.5 Å². The summed E-state index contributed by atoms with van der Waals surface area (Å²) in [5.41, 5.74) is 10.3. The quantitative estimate of drug-likeness (QED) is 0.128. The van der Waals surface area contributed by atoms with Crippen LogP contribution in [0.3, 0.4) is 0 Å². The van der Waals surface area contributed by atoms with Crippen LogP contribution in [-0.4, -0.2) is 13.2 Å². The van der Waals surface area contributed by atoms with Crippen molar-refractivity contribution in [3.05, 3.63) is 47.0 Å². The number of ether oxygens (including phenoxy) is 1. The molecule has 0 spiro atoms. The Morgan fingerprint density at radius 3 is 2.48 bits per heavy atom. The number of nitrogens with zero attached hydrogens (tertiary/aromatic N) is 2. The van der Waals surface area contributed by atoms with Gasteiger partial charge in [-0.2, -0.15) is 5.11 Å². The Labute approximate surface area is 206 Å². The molecule has 1 heterocycles. The molecule has 2 N–H and O–H groups in total. The number of aromatic nitrogens is 1. The number of unbranched alkanes of at least 4 members (excludes halogenated alkanes) is 6. The third kappa shape index (κ3) is 6.90. The maximum Gasteiger partial charge on any atom is 0.335 e. The van der Waals surface area contributed by atoms with Gasteiger partial charge in [-0.25, -0.2) is 10.1 Å². The SMILES string of the molecule is CCCCCCCCOc1c(N=N)cc(Cl)c2c1sc(NCCCC)[n+]2Cc1ccccc1. The average molecular weight is 488 g/mol. The van der Waals surface area contributed by atoms with Gasteiger partial charge in [-0.1, -0.05) is 94.3 Å². The van der Waals surface area contributed by atoms with Crippen LogP contribution in [0, 0.1) is 5.53 Å². The van der Waals surface area contributed by atoms with Crippen molar-refractivity contribution in [3.63, 3.8) is 0 Å². The Bertz CT molecular complexity index is 1020. The monoisotopic (exact) mass is 487 g/mol. The largest absolute Gasteiger partial charge is 0.490 e. The van der Waals surface area contributed by atoms with Gasteiger partial charge in [-0.3, -0.25) is 5.32 Å². The summed E-state index contributed by atoms with van der Waals surface area (Å²) in [6.07, 6.45) is 9.47. The Morgan fingerprint density at radius 2 is 1.76 bits per heavy atom. The lowest BCUT2D eigenvalue weighted by Gasteiger charge is -2.10. The van der Waals surface area contributed by atoms with E-state index in [1.165, 1.54) is 31.2 Å². The normalized spacial score (nSPS) is 11.1. The lowest BCUT2D eigenvalue weighted by molar-refractivity contribution is -0.644. The molecule has 0 saturated carbocycles. The van der Waals surface area contributed by atoms with Crippen molar-refractivity contribution in [2.24, 2.45) is 5.11 Å². The van der Waals surface area contributed by atoms with E-state index < -0.39 is 0 Å². The van der Waals surface area contributed by atoms with Crippen molar-refractivity contribution >= 4 is 44.0 Å². The van der Waals surface area contributed by atoms with E-state index >= 15 is 0 Å². The molecular weight excluding hydrogens is 452 g/mol. The first-order chi connectivity index (χ1) is 16.2. The summed E-state index contributed by atoms with van der Waals surface area (Å²) in [5, 5.41) is 8.99. The van der Waals surface area contributed by atoms with Crippen LogP contribution < -0.4 is 14.6 Å². The van der Waals surface area contributed by atoms with E-state index in [1.807, 2.05) is 6.07 Å². The molecule has 0 aliphatic rings. The second-order valence-electron chi connectivity index (χ2n) is 8.37. The minimum atomic E-state index is 0.492. The molecule has 0 aliphatic heterocycles. The number of rotatable bonds is 15. The summed E-state index contributed by atoms with van der Waals surface area (Å²) in [5.74, 6) is 0.674. The second-order valence-corrected chi connectivity index (χ2v) is 9.78. The Morgan fingerprint density at radius 1 is 1.03 bits per heavy atom. The van der Waals surface area contributed by atoms with Gasteiger partial charge in [0.05, 0.1) is 18.2 Å². The van der Waals surface area contributed by atoms with Gasteiger partial charge in [0.1, 0.15) is 16.9 Å². The van der Waals surface area contributed by atoms with Crippen LogP contribution in [0.15, 0.2) is 41.5 Å². The third-order valence-corrected chi connectivity index (χ3v) is 7.14. The van der Waals surface area contributed by atoms with Crippen molar-refractivity contribution in [2.45, 2.75) is 71.8 Å². The number of hydrogen-bond acceptors (Lipinski definition) is 5. The smallest absolute Gasteiger partial charge is 0.335 e. The van der Waals surface area contributed by atoms with Gasteiger partial charge in [0.25, 0.3) is 0 Å². The van der Waals surface area contributed by atoms with Crippen LogP contribution >= 0.6 is 22.9 Å². The predicted octanol–water partition coefficient (Wildman–Crippen LogP) is 8.50. The zero-order chi connectivity index (χ0) is 23.5. The van der Waals surface area contributed by atoms with Gasteiger partial charge < -0.3 is 4.74 Å². The molecule has 3 rings (SSSR count). The van der Waals surface area contributed by atoms with Crippen molar-refractivity contribution in [1.82, 2.24) is 0 Å². The molecule has 0 aliphatic carbocycles. The molecule has 7 heteroatoms. The van der Waals surface area contributed by atoms with E-state index in [4.69, 9.17) is 21.9 Å². The van der Waals surface area contributed by atoms with E-state index in [-0.39, 0.29) is 0 Å². The zero-order valence-corrected chi connectivity index (χ0v) is 21.4. The lowest BCUT2D eigenvalue weighted by Crippen LogP contribution is -2.36. The molecule has 33 heavy (non-hydrogen) atoms. The highest BCUT2D eigenvalue weighted by Gasteiger charge is 2.26. The summed E-state index contributed by atoms with van der Waals surface area (Å²) >= 11 is 8.39. The molecular formula is C26H36ClN4OS+. The van der Waals surface area contributed by atoms with E-state index in [0.29, 0.717) is 29.6 Å². The highest BCUT2D eigenvalue weighted by molar-refractivity contribution is 7.22. The van der Waals surface area contributed by atoms with E-state index in [9.17, 15) is 0 Å². The zero-order valence-electron chi connectivity index (χ0n) is 19.8. The first kappa shape index (κ1) is 25.4. The van der Waals surface area contributed by atoms with Crippen molar-refractivity contribution < 1.29 is 9.30 Å². The lowest BCUT2D eigenvalue weighted by atomic mass is 10.1. The number of halogens is 1. The van der Waals surface area contributed by atoms with Crippen LogP contribution in [-0.2, 0) is 6.54 Å². The minimum absolute atomic E-state index is 0.492. The Hall–Kier alpha value is -2.18. The molecule has 5 nitrogen and oxygen atoms in total. The maximum atomic E-state index is 7.69. The summed E-state index contributed by atoms with van der Waals surface area (Å²) in [7, 11) is 0. The van der Waals surface area contributed by atoms with E-state index in [2.05, 4.69) is 53.1 Å². The fourth-order valence-corrected chi connectivity index (χ4v) is 5.45. The number of hydrogen-bond donors (Lipinski definition) is 2. The number of fused-ring (bicyclic) bond motifs is 1. The van der Waals surface area contributed by atoms with Gasteiger partial charge in [0, 0.05) is 0 Å². The topological polar surface area (TPSA) is 61.4 Å². The summed E-state index contributed by atoms with van der Waals surface area (Å²) in [6, 6.07) is 12.2. The summed E-state index contributed by atoms with van der Waals surface area (Å²) in [4.78, 5) is 0. The van der Waals surface area contributed by atoms with E-state index in [0.717, 1.165) is 47.6 Å². The molecule has 0 atom stereocenters. The van der Waals surface area contributed by atoms with Gasteiger partial charge in [0.15, 0.2) is 11.3 Å². The molecule has 2 aromatic carbocycles. The molecule has 3 aromatic rings. The molecule has 0 radical (unpaired) electrons. The maximum absolute atomic E-state index is 7.69.